The lowest BCUT2D eigenvalue weighted by atomic mass is 9.80. The molecule has 5 rings (SSSR count). The number of pyridine rings is 1. The summed E-state index contributed by atoms with van der Waals surface area (Å²) in [5.41, 5.74) is 9.57. The first-order chi connectivity index (χ1) is 17.8. The van der Waals surface area contributed by atoms with Crippen LogP contribution in [-0.4, -0.2) is 58.4 Å². The number of aromatic nitrogens is 1. The van der Waals surface area contributed by atoms with Gasteiger partial charge < -0.3 is 11.1 Å². The number of fused-ring (bicyclic) bond motifs is 1. The molecule has 4 amide bonds. The smallest absolute Gasteiger partial charge is 0.262 e. The van der Waals surface area contributed by atoms with Crippen LogP contribution < -0.4 is 16.4 Å². The molecule has 0 bridgehead atoms. The van der Waals surface area contributed by atoms with Crippen molar-refractivity contribution in [1.29, 1.82) is 0 Å². The van der Waals surface area contributed by atoms with Crippen molar-refractivity contribution >= 4 is 41.2 Å². The molecular weight excluding hydrogens is 472 g/mol. The van der Waals surface area contributed by atoms with E-state index in [9.17, 15) is 19.2 Å². The lowest BCUT2D eigenvalue weighted by Crippen LogP contribution is -2.54. The van der Waals surface area contributed by atoms with Gasteiger partial charge in [-0.2, -0.15) is 0 Å². The van der Waals surface area contributed by atoms with Crippen molar-refractivity contribution in [3.63, 3.8) is 0 Å². The van der Waals surface area contributed by atoms with Crippen LogP contribution in [0.4, 0.5) is 5.69 Å². The summed E-state index contributed by atoms with van der Waals surface area (Å²) in [7, 11) is 0. The fraction of sp³-hybridized carbons (Fsp3) is 0.333. The summed E-state index contributed by atoms with van der Waals surface area (Å²) >= 11 is 0. The number of imide groups is 2. The van der Waals surface area contributed by atoms with Crippen LogP contribution in [0, 0.1) is 12.8 Å². The molecule has 0 radical (unpaired) electrons. The molecule has 1 saturated carbocycles. The molecule has 1 atom stereocenters. The van der Waals surface area contributed by atoms with Crippen molar-refractivity contribution in [3.05, 3.63) is 65.0 Å². The molecule has 1 saturated heterocycles. The van der Waals surface area contributed by atoms with Gasteiger partial charge in [0.15, 0.2) is 0 Å². The van der Waals surface area contributed by atoms with E-state index in [2.05, 4.69) is 20.6 Å². The maximum Gasteiger partial charge on any atom is 0.262 e. The van der Waals surface area contributed by atoms with Gasteiger partial charge >= 0.3 is 0 Å². The maximum atomic E-state index is 13.0. The second-order valence-electron chi connectivity index (χ2n) is 9.66. The van der Waals surface area contributed by atoms with Crippen molar-refractivity contribution in [2.24, 2.45) is 16.6 Å². The average molecular weight is 501 g/mol. The standard InChI is InChI=1S/C27H28N6O4/c1-15-3-2-4-22(31-15)21(28)9-10-29-18-11-16(12-18)14-30-17-5-6-19-20(13-17)27(37)33(26(19)36)23-7-8-24(34)32-25(23)35/h2-6,9-10,13,16,18,23,30H,7-8,11-12,14,28H2,1H3,(H,32,34,35). The summed E-state index contributed by atoms with van der Waals surface area (Å²) in [6.45, 7) is 2.64. The Bertz CT molecular complexity index is 1340. The number of carbonyl (C=O) groups excluding carboxylic acids is 4. The average Bonchev–Trinajstić information content (AvgIpc) is 3.09. The first-order valence-electron chi connectivity index (χ1n) is 12.3. The number of aliphatic imine (C=N–C) groups is 1. The second-order valence-corrected chi connectivity index (χ2v) is 9.66. The van der Waals surface area contributed by atoms with Crippen molar-refractivity contribution in [1.82, 2.24) is 15.2 Å². The van der Waals surface area contributed by atoms with Crippen molar-refractivity contribution in [2.75, 3.05) is 11.9 Å². The first kappa shape index (κ1) is 24.4. The monoisotopic (exact) mass is 500 g/mol. The Kier molecular flexibility index (Phi) is 6.56. The van der Waals surface area contributed by atoms with Crippen LogP contribution in [0.1, 0.15) is 57.8 Å². The molecule has 1 aromatic heterocycles. The summed E-state index contributed by atoms with van der Waals surface area (Å²) in [5, 5.41) is 5.55. The van der Waals surface area contributed by atoms with Crippen LogP contribution in [0.15, 0.2) is 47.5 Å². The maximum absolute atomic E-state index is 13.0. The largest absolute Gasteiger partial charge is 0.397 e. The number of anilines is 1. The summed E-state index contributed by atoms with van der Waals surface area (Å²) in [4.78, 5) is 59.4. The molecule has 4 N–H and O–H groups in total. The summed E-state index contributed by atoms with van der Waals surface area (Å²) < 4.78 is 0. The number of carbonyl (C=O) groups is 4. The minimum Gasteiger partial charge on any atom is -0.397 e. The number of hydrogen-bond donors (Lipinski definition) is 3. The highest BCUT2D eigenvalue weighted by Gasteiger charge is 2.44. The fourth-order valence-electron chi connectivity index (χ4n) is 4.87. The van der Waals surface area contributed by atoms with Crippen LogP contribution in [0.5, 0.6) is 0 Å². The molecule has 2 aliphatic heterocycles. The number of benzene rings is 1. The fourth-order valence-corrected chi connectivity index (χ4v) is 4.87. The third-order valence-electron chi connectivity index (χ3n) is 6.98. The molecule has 190 valence electrons. The van der Waals surface area contributed by atoms with Crippen LogP contribution in [0.2, 0.25) is 0 Å². The molecule has 1 aliphatic carbocycles. The molecule has 2 aromatic rings. The van der Waals surface area contributed by atoms with E-state index >= 15 is 0 Å². The Balaban J connectivity index is 1.13. The van der Waals surface area contributed by atoms with Gasteiger partial charge in [0.1, 0.15) is 6.04 Å². The quantitative estimate of drug-likeness (QED) is 0.389. The van der Waals surface area contributed by atoms with Gasteiger partial charge in [0.2, 0.25) is 11.8 Å². The predicted octanol–water partition coefficient (Wildman–Crippen LogP) is 2.05. The normalized spacial score (nSPS) is 23.8. The Morgan fingerprint density at radius 3 is 2.70 bits per heavy atom. The van der Waals surface area contributed by atoms with Gasteiger partial charge in [0.25, 0.3) is 11.8 Å². The molecule has 10 heteroatoms. The number of hydrogen-bond acceptors (Lipinski definition) is 8. The second kappa shape index (κ2) is 9.96. The Labute approximate surface area is 214 Å². The zero-order valence-corrected chi connectivity index (χ0v) is 20.4. The van der Waals surface area contributed by atoms with Crippen LogP contribution in [-0.2, 0) is 9.59 Å². The highest BCUT2D eigenvalue weighted by molar-refractivity contribution is 6.23. The van der Waals surface area contributed by atoms with E-state index < -0.39 is 29.7 Å². The van der Waals surface area contributed by atoms with Gasteiger partial charge in [0, 0.05) is 30.6 Å². The highest BCUT2D eigenvalue weighted by atomic mass is 16.2. The number of allylic oxidation sites excluding steroid dienone is 1. The van der Waals surface area contributed by atoms with Crippen molar-refractivity contribution < 1.29 is 19.2 Å². The number of rotatable bonds is 7. The van der Waals surface area contributed by atoms with Crippen LogP contribution in [0.25, 0.3) is 5.70 Å². The Morgan fingerprint density at radius 2 is 1.95 bits per heavy atom. The minimum absolute atomic E-state index is 0.0939. The zero-order valence-electron chi connectivity index (χ0n) is 20.4. The van der Waals surface area contributed by atoms with Crippen LogP contribution >= 0.6 is 0 Å². The molecule has 3 heterocycles. The number of nitrogens with two attached hydrogens (primary N) is 1. The third-order valence-corrected chi connectivity index (χ3v) is 6.98. The molecule has 37 heavy (non-hydrogen) atoms. The van der Waals surface area contributed by atoms with E-state index in [-0.39, 0.29) is 30.0 Å². The topological polar surface area (TPSA) is 147 Å². The molecule has 1 unspecified atom stereocenters. The number of piperidine rings is 1. The van der Waals surface area contributed by atoms with Gasteiger partial charge in [-0.1, -0.05) is 6.07 Å². The Morgan fingerprint density at radius 1 is 1.16 bits per heavy atom. The van der Waals surface area contributed by atoms with Crippen molar-refractivity contribution in [3.8, 4) is 0 Å². The lowest BCUT2D eigenvalue weighted by Gasteiger charge is -2.32. The summed E-state index contributed by atoms with van der Waals surface area (Å²) in [5.74, 6) is -1.59. The molecule has 3 aliphatic rings. The molecule has 2 fully saturated rings. The third kappa shape index (κ3) is 5.00. The SMILES string of the molecule is Cc1cccc(C(N)=CC=NC2CC(CNc3ccc4c(c3)C(=O)N(C3CCC(=O)NC3=O)C4=O)C2)n1. The van der Waals surface area contributed by atoms with Gasteiger partial charge in [-0.25, -0.2) is 0 Å². The molecular formula is C27H28N6O4. The molecule has 0 spiro atoms. The predicted molar refractivity (Wildman–Crippen MR) is 138 cm³/mol. The number of amides is 4. The van der Waals surface area contributed by atoms with E-state index in [4.69, 9.17) is 5.73 Å². The van der Waals surface area contributed by atoms with Gasteiger partial charge in [0.05, 0.1) is 28.6 Å². The molecule has 1 aromatic carbocycles. The van der Waals surface area contributed by atoms with E-state index in [0.29, 0.717) is 11.6 Å². The lowest BCUT2D eigenvalue weighted by molar-refractivity contribution is -0.136. The van der Waals surface area contributed by atoms with E-state index in [1.54, 1.807) is 30.5 Å². The van der Waals surface area contributed by atoms with E-state index in [1.807, 2.05) is 25.1 Å². The summed E-state index contributed by atoms with van der Waals surface area (Å²) in [6, 6.07) is 10.0. The first-order valence-corrected chi connectivity index (χ1v) is 12.3. The highest BCUT2D eigenvalue weighted by Crippen LogP contribution is 2.32. The number of nitrogens with one attached hydrogen (secondary N) is 2. The summed E-state index contributed by atoms with van der Waals surface area (Å²) in [6.07, 6.45) is 5.62. The van der Waals surface area contributed by atoms with E-state index in [0.717, 1.165) is 41.4 Å². The number of aryl methyl sites for hydroxylation is 1. The zero-order chi connectivity index (χ0) is 26.1. The van der Waals surface area contributed by atoms with Gasteiger partial charge in [-0.05, 0) is 68.5 Å². The van der Waals surface area contributed by atoms with Gasteiger partial charge in [-0.3, -0.25) is 39.4 Å². The van der Waals surface area contributed by atoms with Gasteiger partial charge in [-0.15, -0.1) is 0 Å². The number of nitrogens with zero attached hydrogens (tertiary/aromatic N) is 3. The Hall–Kier alpha value is -4.34. The molecule has 10 nitrogen and oxygen atoms in total. The minimum atomic E-state index is -0.966. The van der Waals surface area contributed by atoms with Crippen molar-refractivity contribution in [2.45, 2.75) is 44.7 Å². The van der Waals surface area contributed by atoms with Crippen LogP contribution in [0.3, 0.4) is 0 Å². The van der Waals surface area contributed by atoms with E-state index in [1.165, 1.54) is 0 Å².